The summed E-state index contributed by atoms with van der Waals surface area (Å²) in [4.78, 5) is 0. The monoisotopic (exact) mass is 222 g/mol. The molecule has 0 aromatic carbocycles. The van der Waals surface area contributed by atoms with Crippen LogP contribution in [0.25, 0.3) is 0 Å². The van der Waals surface area contributed by atoms with E-state index in [2.05, 4.69) is 9.44 Å². The smallest absolute Gasteiger partial charge is 0.277 e. The third-order valence-corrected chi connectivity index (χ3v) is 3.92. The molecule has 0 aromatic heterocycles. The normalized spacial score (nSPS) is 21.3. The topological polar surface area (TPSA) is 78.4 Å². The lowest BCUT2D eigenvalue weighted by atomic mass is 10.0. The van der Waals surface area contributed by atoms with Gasteiger partial charge in [-0.2, -0.15) is 13.1 Å². The van der Waals surface area contributed by atoms with Gasteiger partial charge in [0.15, 0.2) is 0 Å². The Balaban J connectivity index is 2.64. The highest BCUT2D eigenvalue weighted by Gasteiger charge is 2.36. The molecule has 1 aliphatic carbocycles. The standard InChI is InChI=1S/C8H18N2O3S/c1-2-9-14(12,13)10-8(7-11)5-3-4-6-8/h9-11H,2-7H2,1H3. The van der Waals surface area contributed by atoms with Gasteiger partial charge >= 0.3 is 0 Å². The van der Waals surface area contributed by atoms with Crippen LogP contribution in [0.2, 0.25) is 0 Å². The van der Waals surface area contributed by atoms with Gasteiger partial charge in [-0.3, -0.25) is 0 Å². The third-order valence-electron chi connectivity index (χ3n) is 2.55. The molecule has 0 atom stereocenters. The van der Waals surface area contributed by atoms with Crippen LogP contribution in [0.5, 0.6) is 0 Å². The first-order chi connectivity index (χ1) is 6.54. The Morgan fingerprint density at radius 1 is 1.36 bits per heavy atom. The molecule has 3 N–H and O–H groups in total. The van der Waals surface area contributed by atoms with Crippen molar-refractivity contribution in [3.05, 3.63) is 0 Å². The number of hydrogen-bond donors (Lipinski definition) is 3. The maximum atomic E-state index is 11.4. The summed E-state index contributed by atoms with van der Waals surface area (Å²) in [6.07, 6.45) is 3.37. The van der Waals surface area contributed by atoms with E-state index in [1.165, 1.54) is 0 Å². The van der Waals surface area contributed by atoms with E-state index in [1.807, 2.05) is 0 Å². The van der Waals surface area contributed by atoms with Crippen molar-refractivity contribution in [1.82, 2.24) is 9.44 Å². The number of nitrogens with one attached hydrogen (secondary N) is 2. The fraction of sp³-hybridized carbons (Fsp3) is 1.00. The second-order valence-corrected chi connectivity index (χ2v) is 5.25. The van der Waals surface area contributed by atoms with E-state index in [1.54, 1.807) is 6.92 Å². The molecule has 84 valence electrons. The lowest BCUT2D eigenvalue weighted by Gasteiger charge is -2.27. The van der Waals surface area contributed by atoms with Crippen molar-refractivity contribution in [2.45, 2.75) is 38.1 Å². The van der Waals surface area contributed by atoms with Crippen LogP contribution in [0.1, 0.15) is 32.6 Å². The molecule has 0 saturated heterocycles. The van der Waals surface area contributed by atoms with Crippen LogP contribution in [0.4, 0.5) is 0 Å². The second kappa shape index (κ2) is 4.57. The fourth-order valence-corrected chi connectivity index (χ4v) is 3.15. The van der Waals surface area contributed by atoms with Gasteiger partial charge in [0.25, 0.3) is 10.2 Å². The molecule has 0 heterocycles. The van der Waals surface area contributed by atoms with Crippen LogP contribution in [-0.4, -0.2) is 32.2 Å². The Bertz CT molecular complexity index is 270. The molecule has 0 spiro atoms. The minimum absolute atomic E-state index is 0.127. The molecule has 0 aliphatic heterocycles. The Labute approximate surface area is 85.1 Å². The highest BCUT2D eigenvalue weighted by molar-refractivity contribution is 7.87. The van der Waals surface area contributed by atoms with Gasteiger partial charge in [-0.25, -0.2) is 4.72 Å². The van der Waals surface area contributed by atoms with Crippen molar-refractivity contribution < 1.29 is 13.5 Å². The van der Waals surface area contributed by atoms with E-state index in [-0.39, 0.29) is 6.61 Å². The molecule has 1 saturated carbocycles. The number of aliphatic hydroxyl groups is 1. The number of aliphatic hydroxyl groups excluding tert-OH is 1. The van der Waals surface area contributed by atoms with Crippen molar-refractivity contribution in [1.29, 1.82) is 0 Å². The summed E-state index contributed by atoms with van der Waals surface area (Å²) >= 11 is 0. The second-order valence-electron chi connectivity index (χ2n) is 3.75. The summed E-state index contributed by atoms with van der Waals surface area (Å²) in [6.45, 7) is 1.95. The third kappa shape index (κ3) is 2.91. The van der Waals surface area contributed by atoms with Crippen LogP contribution < -0.4 is 9.44 Å². The highest BCUT2D eigenvalue weighted by atomic mass is 32.2. The van der Waals surface area contributed by atoms with Gasteiger partial charge in [0.1, 0.15) is 0 Å². The minimum atomic E-state index is -3.45. The van der Waals surface area contributed by atoms with Gasteiger partial charge in [-0.1, -0.05) is 19.8 Å². The summed E-state index contributed by atoms with van der Waals surface area (Å²) in [5.74, 6) is 0. The summed E-state index contributed by atoms with van der Waals surface area (Å²) in [7, 11) is -3.45. The molecule has 0 bridgehead atoms. The molecular formula is C8H18N2O3S. The summed E-state index contributed by atoms with van der Waals surface area (Å²) < 4.78 is 27.7. The van der Waals surface area contributed by atoms with E-state index in [0.717, 1.165) is 12.8 Å². The van der Waals surface area contributed by atoms with E-state index in [4.69, 9.17) is 0 Å². The maximum Gasteiger partial charge on any atom is 0.277 e. The summed E-state index contributed by atoms with van der Waals surface area (Å²) in [5, 5.41) is 9.19. The fourth-order valence-electron chi connectivity index (χ4n) is 1.86. The van der Waals surface area contributed by atoms with Crippen LogP contribution in [0, 0.1) is 0 Å². The number of hydrogen-bond acceptors (Lipinski definition) is 3. The predicted octanol–water partition coefficient (Wildman–Crippen LogP) is -0.265. The zero-order valence-electron chi connectivity index (χ0n) is 8.41. The Hall–Kier alpha value is -0.170. The van der Waals surface area contributed by atoms with Crippen molar-refractivity contribution in [2.75, 3.05) is 13.2 Å². The first-order valence-electron chi connectivity index (χ1n) is 4.93. The van der Waals surface area contributed by atoms with E-state index in [0.29, 0.717) is 19.4 Å². The van der Waals surface area contributed by atoms with E-state index >= 15 is 0 Å². The van der Waals surface area contributed by atoms with Crippen LogP contribution in [-0.2, 0) is 10.2 Å². The molecule has 14 heavy (non-hydrogen) atoms. The molecule has 6 heteroatoms. The molecular weight excluding hydrogens is 204 g/mol. The Morgan fingerprint density at radius 3 is 2.36 bits per heavy atom. The van der Waals surface area contributed by atoms with Crippen molar-refractivity contribution in [2.24, 2.45) is 0 Å². The first-order valence-corrected chi connectivity index (χ1v) is 6.41. The quantitative estimate of drug-likeness (QED) is 0.599. The van der Waals surface area contributed by atoms with E-state index < -0.39 is 15.7 Å². The average molecular weight is 222 g/mol. The molecule has 0 amide bonds. The Morgan fingerprint density at radius 2 is 1.93 bits per heavy atom. The van der Waals surface area contributed by atoms with Crippen LogP contribution in [0.3, 0.4) is 0 Å². The maximum absolute atomic E-state index is 11.4. The average Bonchev–Trinajstić information content (AvgIpc) is 2.53. The molecule has 0 aromatic rings. The molecule has 5 nitrogen and oxygen atoms in total. The molecule has 1 rings (SSSR count). The van der Waals surface area contributed by atoms with Crippen LogP contribution in [0.15, 0.2) is 0 Å². The Kier molecular flexibility index (Phi) is 3.88. The van der Waals surface area contributed by atoms with Crippen molar-refractivity contribution in [3.63, 3.8) is 0 Å². The lowest BCUT2D eigenvalue weighted by molar-refractivity contribution is 0.185. The summed E-state index contributed by atoms with van der Waals surface area (Å²) in [5.41, 5.74) is -0.624. The van der Waals surface area contributed by atoms with Gasteiger partial charge < -0.3 is 5.11 Å². The first kappa shape index (κ1) is 11.9. The van der Waals surface area contributed by atoms with Gasteiger partial charge in [-0.05, 0) is 12.8 Å². The highest BCUT2D eigenvalue weighted by Crippen LogP contribution is 2.29. The number of rotatable bonds is 5. The molecule has 1 aliphatic rings. The largest absolute Gasteiger partial charge is 0.394 e. The van der Waals surface area contributed by atoms with Gasteiger partial charge in [0.05, 0.1) is 12.1 Å². The molecule has 0 unspecified atom stereocenters. The zero-order chi connectivity index (χ0) is 10.7. The lowest BCUT2D eigenvalue weighted by Crippen LogP contribution is -2.52. The van der Waals surface area contributed by atoms with E-state index in [9.17, 15) is 13.5 Å². The summed E-state index contributed by atoms with van der Waals surface area (Å²) in [6, 6.07) is 0. The van der Waals surface area contributed by atoms with Crippen LogP contribution >= 0.6 is 0 Å². The molecule has 0 radical (unpaired) electrons. The minimum Gasteiger partial charge on any atom is -0.394 e. The predicted molar refractivity (Wildman–Crippen MR) is 54.0 cm³/mol. The van der Waals surface area contributed by atoms with Gasteiger partial charge in [-0.15, -0.1) is 0 Å². The van der Waals surface area contributed by atoms with Crippen molar-refractivity contribution in [3.8, 4) is 0 Å². The van der Waals surface area contributed by atoms with Crippen molar-refractivity contribution >= 4 is 10.2 Å². The zero-order valence-corrected chi connectivity index (χ0v) is 9.23. The van der Waals surface area contributed by atoms with Gasteiger partial charge in [0.2, 0.25) is 0 Å². The SMILES string of the molecule is CCNS(=O)(=O)NC1(CO)CCCC1. The van der Waals surface area contributed by atoms with Gasteiger partial charge in [0, 0.05) is 6.54 Å². The molecule has 1 fully saturated rings.